The predicted molar refractivity (Wildman–Crippen MR) is 127 cm³/mol. The largest absolute Gasteiger partial charge is 0.494 e. The number of amides is 2. The van der Waals surface area contributed by atoms with Crippen molar-refractivity contribution in [2.75, 3.05) is 23.8 Å². The molecule has 166 valence electrons. The maximum Gasteiger partial charge on any atom is 0.259 e. The maximum absolute atomic E-state index is 13.0. The van der Waals surface area contributed by atoms with Crippen LogP contribution in [0.2, 0.25) is 0 Å². The molecule has 0 aliphatic heterocycles. The van der Waals surface area contributed by atoms with E-state index >= 15 is 0 Å². The molecule has 0 aliphatic carbocycles. The molecule has 0 aliphatic rings. The number of carbonyl (C=O) groups excluding carboxylic acids is 2. The first-order valence-corrected chi connectivity index (χ1v) is 10.8. The number of rotatable bonds is 10. The molecule has 0 atom stereocenters. The number of ether oxygens (including phenoxy) is 2. The van der Waals surface area contributed by atoms with Crippen molar-refractivity contribution in [1.82, 2.24) is 0 Å². The minimum Gasteiger partial charge on any atom is -0.494 e. The lowest BCUT2D eigenvalue weighted by Crippen LogP contribution is -2.19. The summed E-state index contributed by atoms with van der Waals surface area (Å²) in [5.41, 5.74) is 1.84. The van der Waals surface area contributed by atoms with Crippen molar-refractivity contribution < 1.29 is 19.1 Å². The standard InChI is InChI=1S/C26H28N2O4/c1-3-5-18-32-24-13-9-7-11-22(24)26(30)28-23-12-8-6-10-21(23)25(29)27-19-14-16-20(17-15-19)31-4-2/h6-17H,3-5,18H2,1-2H3,(H,27,29)(H,28,30). The van der Waals surface area contributed by atoms with Crippen LogP contribution in [0.1, 0.15) is 47.4 Å². The molecule has 3 rings (SSSR count). The molecule has 6 nitrogen and oxygen atoms in total. The number of nitrogens with one attached hydrogen (secondary N) is 2. The average Bonchev–Trinajstić information content (AvgIpc) is 2.81. The van der Waals surface area contributed by atoms with Crippen molar-refractivity contribution in [3.63, 3.8) is 0 Å². The monoisotopic (exact) mass is 432 g/mol. The van der Waals surface area contributed by atoms with E-state index in [1.54, 1.807) is 66.7 Å². The summed E-state index contributed by atoms with van der Waals surface area (Å²) in [6.07, 6.45) is 1.91. The first-order valence-electron chi connectivity index (χ1n) is 10.8. The molecule has 0 bridgehead atoms. The Bertz CT molecular complexity index is 1050. The summed E-state index contributed by atoms with van der Waals surface area (Å²) < 4.78 is 11.2. The molecule has 0 fully saturated rings. The van der Waals surface area contributed by atoms with Crippen molar-refractivity contribution >= 4 is 23.2 Å². The highest BCUT2D eigenvalue weighted by Crippen LogP contribution is 2.23. The van der Waals surface area contributed by atoms with Crippen molar-refractivity contribution in [2.24, 2.45) is 0 Å². The summed E-state index contributed by atoms with van der Waals surface area (Å²) in [4.78, 5) is 25.8. The molecule has 3 aromatic rings. The van der Waals surface area contributed by atoms with E-state index in [1.807, 2.05) is 13.0 Å². The van der Waals surface area contributed by atoms with Gasteiger partial charge in [0.15, 0.2) is 0 Å². The van der Waals surface area contributed by atoms with Gasteiger partial charge in [-0.1, -0.05) is 37.6 Å². The highest BCUT2D eigenvalue weighted by atomic mass is 16.5. The van der Waals surface area contributed by atoms with Crippen LogP contribution in [-0.4, -0.2) is 25.0 Å². The molecule has 6 heteroatoms. The lowest BCUT2D eigenvalue weighted by molar-refractivity contribution is 0.102. The second-order valence-electron chi connectivity index (χ2n) is 7.11. The predicted octanol–water partition coefficient (Wildman–Crippen LogP) is 5.77. The van der Waals surface area contributed by atoms with E-state index in [9.17, 15) is 9.59 Å². The second-order valence-corrected chi connectivity index (χ2v) is 7.11. The fourth-order valence-electron chi connectivity index (χ4n) is 3.09. The van der Waals surface area contributed by atoms with Crippen molar-refractivity contribution in [3.8, 4) is 11.5 Å². The van der Waals surface area contributed by atoms with Gasteiger partial charge in [0.2, 0.25) is 0 Å². The Hall–Kier alpha value is -3.80. The lowest BCUT2D eigenvalue weighted by Gasteiger charge is -2.14. The summed E-state index contributed by atoms with van der Waals surface area (Å²) >= 11 is 0. The van der Waals surface area contributed by atoms with E-state index < -0.39 is 0 Å². The fourth-order valence-corrected chi connectivity index (χ4v) is 3.09. The molecule has 0 unspecified atom stereocenters. The third kappa shape index (κ3) is 6.11. The molecule has 2 N–H and O–H groups in total. The Balaban J connectivity index is 1.74. The molecule has 0 heterocycles. The minimum absolute atomic E-state index is 0.322. The van der Waals surface area contributed by atoms with Gasteiger partial charge in [-0.2, -0.15) is 0 Å². The molecule has 2 amide bonds. The third-order valence-electron chi connectivity index (χ3n) is 4.73. The number of carbonyl (C=O) groups is 2. The van der Waals surface area contributed by atoms with Crippen LogP contribution in [0.3, 0.4) is 0 Å². The van der Waals surface area contributed by atoms with Gasteiger partial charge in [-0.05, 0) is 61.9 Å². The van der Waals surface area contributed by atoms with Crippen LogP contribution < -0.4 is 20.1 Å². The second kappa shape index (κ2) is 11.6. The van der Waals surface area contributed by atoms with Crippen LogP contribution in [0.15, 0.2) is 72.8 Å². The Morgan fingerprint density at radius 2 is 1.41 bits per heavy atom. The smallest absolute Gasteiger partial charge is 0.259 e. The molecule has 0 aromatic heterocycles. The van der Waals surface area contributed by atoms with Crippen molar-refractivity contribution in [2.45, 2.75) is 26.7 Å². The first kappa shape index (κ1) is 22.9. The molecule has 0 radical (unpaired) electrons. The number of benzene rings is 3. The molecule has 0 saturated carbocycles. The molecule has 0 saturated heterocycles. The van der Waals surface area contributed by atoms with Crippen LogP contribution in [0.5, 0.6) is 11.5 Å². The van der Waals surface area contributed by atoms with E-state index in [-0.39, 0.29) is 11.8 Å². The maximum atomic E-state index is 13.0. The van der Waals surface area contributed by atoms with Gasteiger partial charge in [0, 0.05) is 5.69 Å². The zero-order valence-corrected chi connectivity index (χ0v) is 18.4. The highest BCUT2D eigenvalue weighted by molar-refractivity contribution is 6.13. The number of para-hydroxylation sites is 2. The van der Waals surface area contributed by atoms with Gasteiger partial charge in [0.1, 0.15) is 11.5 Å². The minimum atomic E-state index is -0.335. The Morgan fingerprint density at radius 1 is 0.750 bits per heavy atom. The highest BCUT2D eigenvalue weighted by Gasteiger charge is 2.17. The molecule has 32 heavy (non-hydrogen) atoms. The van der Waals surface area contributed by atoms with Gasteiger partial charge in [0.05, 0.1) is 30.0 Å². The van der Waals surface area contributed by atoms with E-state index in [0.29, 0.717) is 41.5 Å². The van der Waals surface area contributed by atoms with Gasteiger partial charge < -0.3 is 20.1 Å². The number of unbranched alkanes of at least 4 members (excludes halogenated alkanes) is 1. The van der Waals surface area contributed by atoms with Crippen LogP contribution in [0, 0.1) is 0 Å². The SMILES string of the molecule is CCCCOc1ccccc1C(=O)Nc1ccccc1C(=O)Nc1ccc(OCC)cc1. The van der Waals surface area contributed by atoms with Crippen molar-refractivity contribution in [3.05, 3.63) is 83.9 Å². The van der Waals surface area contributed by atoms with Crippen molar-refractivity contribution in [1.29, 1.82) is 0 Å². The summed E-state index contributed by atoms with van der Waals surface area (Å²) in [5.74, 6) is 0.601. The lowest BCUT2D eigenvalue weighted by atomic mass is 10.1. The topological polar surface area (TPSA) is 76.7 Å². The van der Waals surface area contributed by atoms with Crippen LogP contribution in [0.4, 0.5) is 11.4 Å². The van der Waals surface area contributed by atoms with E-state index in [0.717, 1.165) is 18.6 Å². The quantitative estimate of drug-likeness (QED) is 0.399. The van der Waals surface area contributed by atoms with E-state index in [1.165, 1.54) is 0 Å². The summed E-state index contributed by atoms with van der Waals surface area (Å²) in [5, 5.41) is 5.71. The van der Waals surface area contributed by atoms with Gasteiger partial charge in [-0.15, -0.1) is 0 Å². The van der Waals surface area contributed by atoms with E-state index in [2.05, 4.69) is 17.6 Å². The number of anilines is 2. The molecule has 3 aromatic carbocycles. The Kier molecular flexibility index (Phi) is 8.26. The Labute approximate surface area is 188 Å². The summed E-state index contributed by atoms with van der Waals surface area (Å²) in [7, 11) is 0. The molecular weight excluding hydrogens is 404 g/mol. The number of hydrogen-bond acceptors (Lipinski definition) is 4. The van der Waals surface area contributed by atoms with Gasteiger partial charge in [-0.3, -0.25) is 9.59 Å². The zero-order chi connectivity index (χ0) is 22.8. The van der Waals surface area contributed by atoms with Gasteiger partial charge in [-0.25, -0.2) is 0 Å². The van der Waals surface area contributed by atoms with E-state index in [4.69, 9.17) is 9.47 Å². The fraction of sp³-hybridized carbons (Fsp3) is 0.231. The first-order chi connectivity index (χ1) is 15.6. The molecule has 0 spiro atoms. The normalized spacial score (nSPS) is 10.3. The van der Waals surface area contributed by atoms with Crippen LogP contribution in [-0.2, 0) is 0 Å². The summed E-state index contributed by atoms with van der Waals surface area (Å²) in [6.45, 7) is 5.11. The number of hydrogen-bond donors (Lipinski definition) is 2. The molecular formula is C26H28N2O4. The Morgan fingerprint density at radius 3 is 2.12 bits per heavy atom. The zero-order valence-electron chi connectivity index (χ0n) is 18.4. The summed E-state index contributed by atoms with van der Waals surface area (Å²) in [6, 6.07) is 21.1. The van der Waals surface area contributed by atoms with Crippen LogP contribution in [0.25, 0.3) is 0 Å². The van der Waals surface area contributed by atoms with Crippen LogP contribution >= 0.6 is 0 Å². The average molecular weight is 433 g/mol. The van der Waals surface area contributed by atoms with Gasteiger partial charge >= 0.3 is 0 Å². The van der Waals surface area contributed by atoms with Gasteiger partial charge in [0.25, 0.3) is 11.8 Å². The third-order valence-corrected chi connectivity index (χ3v) is 4.73.